The fraction of sp³-hybridized carbons (Fsp3) is 0.480. The average molecular weight is 427 g/mol. The number of hydrogen-bond donors (Lipinski definition) is 0. The summed E-state index contributed by atoms with van der Waals surface area (Å²) in [6.07, 6.45) is 1.92. The first-order valence-corrected chi connectivity index (χ1v) is 10.8. The van der Waals surface area contributed by atoms with Gasteiger partial charge in [0.05, 0.1) is 19.8 Å². The predicted octanol–water partition coefficient (Wildman–Crippen LogP) is 3.74. The maximum Gasteiger partial charge on any atom is 0.170 e. The molecule has 0 N–H and O–H groups in total. The number of carbonyl (C=O) groups is 1. The minimum absolute atomic E-state index is 0.0234. The van der Waals surface area contributed by atoms with E-state index in [1.54, 1.807) is 20.3 Å². The average Bonchev–Trinajstić information content (AvgIpc) is 2.79. The van der Waals surface area contributed by atoms with Gasteiger partial charge in [-0.15, -0.1) is 0 Å². The molecule has 0 bridgehead atoms. The molecule has 1 fully saturated rings. The summed E-state index contributed by atoms with van der Waals surface area (Å²) in [6.45, 7) is 4.17. The molecule has 3 rings (SSSR count). The fourth-order valence-corrected chi connectivity index (χ4v) is 3.93. The number of hydrogen-bond acceptors (Lipinski definition) is 6. The molecule has 1 heterocycles. The Balaban J connectivity index is 1.58. The van der Waals surface area contributed by atoms with E-state index in [2.05, 4.69) is 21.9 Å². The van der Waals surface area contributed by atoms with Gasteiger partial charge >= 0.3 is 0 Å². The van der Waals surface area contributed by atoms with E-state index in [4.69, 9.17) is 14.2 Å². The van der Waals surface area contributed by atoms with E-state index in [0.29, 0.717) is 23.7 Å². The SMILES string of the molecule is COc1ccc(C(=O)[C@@H]2CCCN(Cc3ccc(OCCN(C)C)cc3)C2)c(OC)c1. The molecule has 1 atom stereocenters. The molecule has 1 saturated heterocycles. The van der Waals surface area contributed by atoms with Gasteiger partial charge in [0.25, 0.3) is 0 Å². The Hall–Kier alpha value is -2.57. The molecule has 1 aliphatic rings. The van der Waals surface area contributed by atoms with E-state index in [1.165, 1.54) is 5.56 Å². The van der Waals surface area contributed by atoms with Crippen molar-refractivity contribution in [1.82, 2.24) is 9.80 Å². The minimum Gasteiger partial charge on any atom is -0.497 e. The number of ether oxygens (including phenoxy) is 3. The molecule has 6 nitrogen and oxygen atoms in total. The van der Waals surface area contributed by atoms with Crippen LogP contribution in [0.15, 0.2) is 42.5 Å². The molecule has 0 radical (unpaired) electrons. The number of rotatable bonds is 10. The monoisotopic (exact) mass is 426 g/mol. The second-order valence-electron chi connectivity index (χ2n) is 8.30. The summed E-state index contributed by atoms with van der Waals surface area (Å²) in [5.41, 5.74) is 1.87. The number of likely N-dealkylation sites (tertiary alicyclic amines) is 1. The first-order chi connectivity index (χ1) is 15.0. The van der Waals surface area contributed by atoms with Gasteiger partial charge in [-0.3, -0.25) is 9.69 Å². The van der Waals surface area contributed by atoms with Crippen LogP contribution >= 0.6 is 0 Å². The third-order valence-electron chi connectivity index (χ3n) is 5.69. The van der Waals surface area contributed by atoms with E-state index in [0.717, 1.165) is 44.8 Å². The minimum atomic E-state index is -0.0234. The Labute approximate surface area is 185 Å². The molecule has 2 aromatic rings. The maximum atomic E-state index is 13.2. The zero-order valence-electron chi connectivity index (χ0n) is 19.1. The zero-order valence-corrected chi connectivity index (χ0v) is 19.1. The Morgan fingerprint density at radius 2 is 1.81 bits per heavy atom. The lowest BCUT2D eigenvalue weighted by molar-refractivity contribution is 0.0808. The number of piperidine rings is 1. The number of methoxy groups -OCH3 is 2. The third kappa shape index (κ3) is 6.45. The number of ketones is 1. The van der Waals surface area contributed by atoms with Crippen molar-refractivity contribution in [2.45, 2.75) is 19.4 Å². The summed E-state index contributed by atoms with van der Waals surface area (Å²) in [5.74, 6) is 2.28. The van der Waals surface area contributed by atoms with Crippen molar-refractivity contribution in [2.75, 3.05) is 54.6 Å². The van der Waals surface area contributed by atoms with Crippen LogP contribution in [0, 0.1) is 5.92 Å². The van der Waals surface area contributed by atoms with E-state index in [1.807, 2.05) is 38.4 Å². The van der Waals surface area contributed by atoms with Crippen LogP contribution < -0.4 is 14.2 Å². The first-order valence-electron chi connectivity index (χ1n) is 10.8. The van der Waals surface area contributed by atoms with Gasteiger partial charge in [0.2, 0.25) is 0 Å². The van der Waals surface area contributed by atoms with Crippen molar-refractivity contribution in [3.63, 3.8) is 0 Å². The Morgan fingerprint density at radius 1 is 1.06 bits per heavy atom. The molecule has 0 aliphatic carbocycles. The molecule has 0 unspecified atom stereocenters. The summed E-state index contributed by atoms with van der Waals surface area (Å²) < 4.78 is 16.5. The van der Waals surface area contributed by atoms with E-state index in [-0.39, 0.29) is 11.7 Å². The summed E-state index contributed by atoms with van der Waals surface area (Å²) in [5, 5.41) is 0. The molecule has 1 aliphatic heterocycles. The van der Waals surface area contributed by atoms with Crippen molar-refractivity contribution >= 4 is 5.78 Å². The van der Waals surface area contributed by atoms with Crippen LogP contribution in [0.25, 0.3) is 0 Å². The molecule has 2 aromatic carbocycles. The van der Waals surface area contributed by atoms with E-state index < -0.39 is 0 Å². The highest BCUT2D eigenvalue weighted by Crippen LogP contribution is 2.30. The van der Waals surface area contributed by atoms with Crippen LogP contribution in [-0.2, 0) is 6.54 Å². The molecule has 31 heavy (non-hydrogen) atoms. The Kier molecular flexibility index (Phi) is 8.32. The highest BCUT2D eigenvalue weighted by atomic mass is 16.5. The van der Waals surface area contributed by atoms with Crippen LogP contribution in [0.1, 0.15) is 28.8 Å². The van der Waals surface area contributed by atoms with Crippen molar-refractivity contribution in [1.29, 1.82) is 0 Å². The van der Waals surface area contributed by atoms with Crippen LogP contribution in [0.5, 0.6) is 17.2 Å². The topological polar surface area (TPSA) is 51.2 Å². The summed E-state index contributed by atoms with van der Waals surface area (Å²) in [7, 11) is 7.27. The normalized spacial score (nSPS) is 16.9. The van der Waals surface area contributed by atoms with Crippen LogP contribution in [0.2, 0.25) is 0 Å². The van der Waals surface area contributed by atoms with Gasteiger partial charge < -0.3 is 19.1 Å². The molecule has 0 saturated carbocycles. The van der Waals surface area contributed by atoms with E-state index >= 15 is 0 Å². The number of likely N-dealkylation sites (N-methyl/N-ethyl adjacent to an activating group) is 1. The largest absolute Gasteiger partial charge is 0.497 e. The molecule has 0 amide bonds. The molecule has 0 aromatic heterocycles. The number of Topliss-reactive ketones (excluding diaryl/α,β-unsaturated/α-hetero) is 1. The number of carbonyl (C=O) groups excluding carboxylic acids is 1. The van der Waals surface area contributed by atoms with Gasteiger partial charge in [-0.1, -0.05) is 12.1 Å². The quantitative estimate of drug-likeness (QED) is 0.540. The van der Waals surface area contributed by atoms with Gasteiger partial charge in [0.15, 0.2) is 5.78 Å². The summed E-state index contributed by atoms with van der Waals surface area (Å²) >= 11 is 0. The van der Waals surface area contributed by atoms with Gasteiger partial charge in [-0.25, -0.2) is 0 Å². The van der Waals surface area contributed by atoms with Crippen molar-refractivity contribution in [2.24, 2.45) is 5.92 Å². The fourth-order valence-electron chi connectivity index (χ4n) is 3.93. The smallest absolute Gasteiger partial charge is 0.170 e. The lowest BCUT2D eigenvalue weighted by Crippen LogP contribution is -2.38. The van der Waals surface area contributed by atoms with Crippen LogP contribution in [0.3, 0.4) is 0 Å². The van der Waals surface area contributed by atoms with Gasteiger partial charge in [0, 0.05) is 31.6 Å². The number of nitrogens with zero attached hydrogens (tertiary/aromatic N) is 2. The molecule has 168 valence electrons. The van der Waals surface area contributed by atoms with Gasteiger partial charge in [-0.05, 0) is 63.3 Å². The van der Waals surface area contributed by atoms with Crippen molar-refractivity contribution < 1.29 is 19.0 Å². The standard InChI is InChI=1S/C25H34N2O4/c1-26(2)14-15-31-21-9-7-19(8-10-21)17-27-13-5-6-20(18-27)25(28)23-12-11-22(29-3)16-24(23)30-4/h7-12,16,20H,5-6,13-15,17-18H2,1-4H3/t20-/m1/s1. The molecule has 6 heteroatoms. The molecule has 0 spiro atoms. The molecular formula is C25H34N2O4. The van der Waals surface area contributed by atoms with Crippen LogP contribution in [0.4, 0.5) is 0 Å². The lowest BCUT2D eigenvalue weighted by atomic mass is 9.89. The summed E-state index contributed by atoms with van der Waals surface area (Å²) in [6, 6.07) is 13.7. The molecular weight excluding hydrogens is 392 g/mol. The zero-order chi connectivity index (χ0) is 22.2. The highest BCUT2D eigenvalue weighted by Gasteiger charge is 2.28. The van der Waals surface area contributed by atoms with Gasteiger partial charge in [0.1, 0.15) is 23.9 Å². The maximum absolute atomic E-state index is 13.2. The second-order valence-corrected chi connectivity index (χ2v) is 8.30. The predicted molar refractivity (Wildman–Crippen MR) is 122 cm³/mol. The Bertz CT molecular complexity index is 851. The van der Waals surface area contributed by atoms with Crippen molar-refractivity contribution in [3.05, 3.63) is 53.6 Å². The number of benzene rings is 2. The first kappa shape index (κ1) is 23.1. The third-order valence-corrected chi connectivity index (χ3v) is 5.69. The van der Waals surface area contributed by atoms with Gasteiger partial charge in [-0.2, -0.15) is 0 Å². The highest BCUT2D eigenvalue weighted by molar-refractivity contribution is 6.00. The van der Waals surface area contributed by atoms with Crippen LogP contribution in [-0.4, -0.2) is 70.1 Å². The second kappa shape index (κ2) is 11.2. The summed E-state index contributed by atoms with van der Waals surface area (Å²) in [4.78, 5) is 17.7. The van der Waals surface area contributed by atoms with Crippen molar-refractivity contribution in [3.8, 4) is 17.2 Å². The Morgan fingerprint density at radius 3 is 2.48 bits per heavy atom. The van der Waals surface area contributed by atoms with E-state index in [9.17, 15) is 4.79 Å². The lowest BCUT2D eigenvalue weighted by Gasteiger charge is -2.32.